The van der Waals surface area contributed by atoms with Crippen molar-refractivity contribution in [3.8, 4) is 0 Å². The first-order valence-corrected chi connectivity index (χ1v) is 11.1. The minimum Gasteiger partial charge on any atom is -0.358 e. The van der Waals surface area contributed by atoms with Crippen LogP contribution in [0.1, 0.15) is 52.9 Å². The maximum absolute atomic E-state index is 12.9. The molecule has 0 spiro atoms. The summed E-state index contributed by atoms with van der Waals surface area (Å²) in [5, 5.41) is 4.28. The quantitative estimate of drug-likeness (QED) is 0.609. The van der Waals surface area contributed by atoms with Gasteiger partial charge in [0.05, 0.1) is 5.56 Å². The number of aromatic nitrogens is 2. The predicted molar refractivity (Wildman–Crippen MR) is 117 cm³/mol. The van der Waals surface area contributed by atoms with Crippen molar-refractivity contribution in [3.05, 3.63) is 58.9 Å². The molecule has 1 aromatic carbocycles. The number of rotatable bonds is 3. The number of hydrogen-bond donors (Lipinski definition) is 2. The fraction of sp³-hybridized carbons (Fsp3) is 0.417. The van der Waals surface area contributed by atoms with Gasteiger partial charge in [-0.15, -0.1) is 0 Å². The summed E-state index contributed by atoms with van der Waals surface area (Å²) in [6.45, 7) is 1.27. The van der Waals surface area contributed by atoms with Crippen LogP contribution < -0.4 is 10.2 Å². The molecule has 2 aliphatic rings. The Balaban J connectivity index is 1.21. The number of anilines is 1. The first kappa shape index (κ1) is 20.8. The van der Waals surface area contributed by atoms with Crippen LogP contribution in [-0.2, 0) is 19.0 Å². The van der Waals surface area contributed by atoms with Gasteiger partial charge in [0.15, 0.2) is 0 Å². The van der Waals surface area contributed by atoms with E-state index in [0.717, 1.165) is 48.8 Å². The molecule has 3 aromatic rings. The van der Waals surface area contributed by atoms with Crippen molar-refractivity contribution in [1.29, 1.82) is 0 Å². The zero-order chi connectivity index (χ0) is 22.3. The Morgan fingerprint density at radius 3 is 2.59 bits per heavy atom. The van der Waals surface area contributed by atoms with Gasteiger partial charge in [-0.1, -0.05) is 0 Å². The third-order valence-corrected chi connectivity index (χ3v) is 6.59. The van der Waals surface area contributed by atoms with E-state index < -0.39 is 11.7 Å². The molecular weight excluding hydrogens is 417 g/mol. The number of nitrogens with zero attached hydrogens (tertiary/aromatic N) is 2. The number of carbonyl (C=O) groups is 1. The highest BCUT2D eigenvalue weighted by Crippen LogP contribution is 2.31. The average molecular weight is 442 g/mol. The van der Waals surface area contributed by atoms with Crippen molar-refractivity contribution in [3.63, 3.8) is 0 Å². The Morgan fingerprint density at radius 2 is 1.88 bits per heavy atom. The maximum Gasteiger partial charge on any atom is 0.417 e. The van der Waals surface area contributed by atoms with E-state index in [-0.39, 0.29) is 11.9 Å². The lowest BCUT2D eigenvalue weighted by atomic mass is 9.95. The van der Waals surface area contributed by atoms with Gasteiger partial charge in [0.2, 0.25) is 0 Å². The predicted octanol–water partition coefficient (Wildman–Crippen LogP) is 4.86. The van der Waals surface area contributed by atoms with Gasteiger partial charge in [-0.3, -0.25) is 4.79 Å². The molecule has 3 heterocycles. The Hall–Kier alpha value is -3.03. The summed E-state index contributed by atoms with van der Waals surface area (Å²) in [5.74, 6) is 0.453. The number of aryl methyl sites for hydroxylation is 2. The van der Waals surface area contributed by atoms with Crippen LogP contribution in [0, 0.1) is 0 Å². The summed E-state index contributed by atoms with van der Waals surface area (Å²) < 4.78 is 38.2. The molecule has 0 unspecified atom stereocenters. The van der Waals surface area contributed by atoms with Gasteiger partial charge in [0.25, 0.3) is 5.91 Å². The molecule has 0 saturated carbocycles. The summed E-state index contributed by atoms with van der Waals surface area (Å²) in [4.78, 5) is 22.3. The molecule has 168 valence electrons. The second-order valence-corrected chi connectivity index (χ2v) is 8.69. The zero-order valence-electron chi connectivity index (χ0n) is 17.6. The number of halogens is 3. The van der Waals surface area contributed by atoms with Crippen LogP contribution in [-0.4, -0.2) is 35.0 Å². The van der Waals surface area contributed by atoms with E-state index in [0.29, 0.717) is 24.5 Å². The van der Waals surface area contributed by atoms with Crippen LogP contribution in [0.4, 0.5) is 19.0 Å². The molecule has 32 heavy (non-hydrogen) atoms. The third-order valence-electron chi connectivity index (χ3n) is 6.59. The minimum absolute atomic E-state index is 0.0315. The minimum atomic E-state index is -4.38. The second kappa shape index (κ2) is 8.15. The van der Waals surface area contributed by atoms with Gasteiger partial charge in [-0.2, -0.15) is 13.2 Å². The number of amides is 1. The number of nitrogens with one attached hydrogen (secondary N) is 2. The highest BCUT2D eigenvalue weighted by molar-refractivity contribution is 5.99. The van der Waals surface area contributed by atoms with E-state index in [2.05, 4.69) is 15.3 Å². The monoisotopic (exact) mass is 442 g/mol. The first-order valence-electron chi connectivity index (χ1n) is 11.1. The molecule has 1 amide bonds. The molecule has 1 fully saturated rings. The Labute approximate surface area is 184 Å². The lowest BCUT2D eigenvalue weighted by Gasteiger charge is -2.33. The molecule has 2 aromatic heterocycles. The van der Waals surface area contributed by atoms with Gasteiger partial charge in [-0.05, 0) is 74.4 Å². The van der Waals surface area contributed by atoms with Gasteiger partial charge in [0.1, 0.15) is 5.82 Å². The largest absolute Gasteiger partial charge is 0.417 e. The molecule has 5 nitrogen and oxygen atoms in total. The topological polar surface area (TPSA) is 61.0 Å². The molecular formula is C24H25F3N4O. The third kappa shape index (κ3) is 4.06. The first-order chi connectivity index (χ1) is 15.4. The van der Waals surface area contributed by atoms with Gasteiger partial charge >= 0.3 is 6.18 Å². The molecule has 0 radical (unpaired) electrons. The van der Waals surface area contributed by atoms with Gasteiger partial charge < -0.3 is 15.2 Å². The summed E-state index contributed by atoms with van der Waals surface area (Å²) in [6, 6.07) is 8.35. The van der Waals surface area contributed by atoms with Crippen LogP contribution in [0.15, 0.2) is 36.5 Å². The highest BCUT2D eigenvalue weighted by atomic mass is 19.4. The number of piperidine rings is 1. The van der Waals surface area contributed by atoms with Gasteiger partial charge in [-0.25, -0.2) is 4.98 Å². The van der Waals surface area contributed by atoms with E-state index in [4.69, 9.17) is 0 Å². The number of fused-ring (bicyclic) bond motifs is 3. The Kier molecular flexibility index (Phi) is 5.31. The molecule has 0 atom stereocenters. The SMILES string of the molecule is O=C(NC1CCN(c2ccc(C(F)(F)F)cn2)CC1)c1ccc2[nH]c3c(c2c1)CCCC3. The maximum atomic E-state index is 12.9. The lowest BCUT2D eigenvalue weighted by molar-refractivity contribution is -0.137. The number of H-pyrrole nitrogens is 1. The molecule has 2 N–H and O–H groups in total. The zero-order valence-corrected chi connectivity index (χ0v) is 17.6. The number of pyridine rings is 1. The number of carbonyl (C=O) groups excluding carboxylic acids is 1. The van der Waals surface area contributed by atoms with Crippen LogP contribution in [0.25, 0.3) is 10.9 Å². The molecule has 1 saturated heterocycles. The molecule has 8 heteroatoms. The van der Waals surface area contributed by atoms with Crippen LogP contribution in [0.3, 0.4) is 0 Å². The highest BCUT2D eigenvalue weighted by Gasteiger charge is 2.31. The molecule has 1 aliphatic heterocycles. The normalized spacial score (nSPS) is 17.4. The van der Waals surface area contributed by atoms with Crippen molar-refractivity contribution in [2.45, 2.75) is 50.7 Å². The summed E-state index contributed by atoms with van der Waals surface area (Å²) in [5.41, 5.74) is 3.65. The number of hydrogen-bond acceptors (Lipinski definition) is 3. The van der Waals surface area contributed by atoms with E-state index in [1.165, 1.54) is 30.2 Å². The van der Waals surface area contributed by atoms with E-state index in [1.807, 2.05) is 23.1 Å². The molecule has 1 aliphatic carbocycles. The fourth-order valence-corrected chi connectivity index (χ4v) is 4.81. The van der Waals surface area contributed by atoms with E-state index >= 15 is 0 Å². The van der Waals surface area contributed by atoms with Crippen molar-refractivity contribution in [2.75, 3.05) is 18.0 Å². The van der Waals surface area contributed by atoms with E-state index in [1.54, 1.807) is 0 Å². The van der Waals surface area contributed by atoms with Crippen molar-refractivity contribution in [2.24, 2.45) is 0 Å². The lowest BCUT2D eigenvalue weighted by Crippen LogP contribution is -2.45. The smallest absolute Gasteiger partial charge is 0.358 e. The molecule has 5 rings (SSSR count). The average Bonchev–Trinajstić information content (AvgIpc) is 3.17. The van der Waals surface area contributed by atoms with Crippen LogP contribution in [0.2, 0.25) is 0 Å². The van der Waals surface area contributed by atoms with Gasteiger partial charge in [0, 0.05) is 47.5 Å². The van der Waals surface area contributed by atoms with E-state index in [9.17, 15) is 18.0 Å². The second-order valence-electron chi connectivity index (χ2n) is 8.69. The summed E-state index contributed by atoms with van der Waals surface area (Å²) in [7, 11) is 0. The van der Waals surface area contributed by atoms with Crippen molar-refractivity contribution in [1.82, 2.24) is 15.3 Å². The number of benzene rings is 1. The van der Waals surface area contributed by atoms with Crippen LogP contribution >= 0.6 is 0 Å². The summed E-state index contributed by atoms with van der Waals surface area (Å²) in [6.07, 6.45) is 2.43. The Morgan fingerprint density at radius 1 is 1.09 bits per heavy atom. The van der Waals surface area contributed by atoms with Crippen LogP contribution in [0.5, 0.6) is 0 Å². The summed E-state index contributed by atoms with van der Waals surface area (Å²) >= 11 is 0. The fourth-order valence-electron chi connectivity index (χ4n) is 4.81. The van der Waals surface area contributed by atoms with Crippen molar-refractivity contribution >= 4 is 22.6 Å². The van der Waals surface area contributed by atoms with Crippen molar-refractivity contribution < 1.29 is 18.0 Å². The number of alkyl halides is 3. The molecule has 0 bridgehead atoms. The number of aromatic amines is 1. The Bertz CT molecular complexity index is 1130. The standard InChI is InChI=1S/C24H25F3N4O/c25-24(26,27)16-6-8-22(28-14-16)31-11-9-17(10-12-31)29-23(32)15-5-7-21-19(13-15)18-3-1-2-4-20(18)30-21/h5-8,13-14,17,30H,1-4,9-12H2,(H,29,32).